The Morgan fingerprint density at radius 2 is 0.331 bits per heavy atom. The number of hydrogen-bond donors (Lipinski definition) is 16. The van der Waals surface area contributed by atoms with Crippen molar-refractivity contribution in [3.05, 3.63) is 0 Å². The topological polar surface area (TPSA) is 1150 Å². The van der Waals surface area contributed by atoms with Crippen LogP contribution in [0, 0.1) is 0 Å². The van der Waals surface area contributed by atoms with Gasteiger partial charge in [-0.1, -0.05) is 0 Å². The zero-order valence-electron chi connectivity index (χ0n) is 63.6. The smallest absolute Gasteiger partial charge is 0.382 e. The molecule has 133 heavy (non-hydrogen) atoms. The van der Waals surface area contributed by atoms with E-state index >= 15 is 0 Å². The average Bonchev–Trinajstić information content (AvgIpc) is 0.747. The van der Waals surface area contributed by atoms with Crippen molar-refractivity contribution in [2.75, 3.05) is 93.0 Å². The summed E-state index contributed by atoms with van der Waals surface area (Å²) in [7, 11) is -105. The molecule has 5 aliphatic heterocycles. The van der Waals surface area contributed by atoms with Gasteiger partial charge in [0.15, 0.2) is 62.0 Å². The molecule has 5 saturated heterocycles. The molecule has 5 rings (SSSR count). The number of hydrogen-bond acceptors (Lipinski definition) is 62. The van der Waals surface area contributed by atoms with Crippen LogP contribution in [-0.4, -0.2) is 454 Å². The highest BCUT2D eigenvalue weighted by Gasteiger charge is 2.65. The fraction of sp³-hybridized carbons (Fsp3) is 1.00. The molecule has 0 aromatic heterocycles. The van der Waals surface area contributed by atoms with E-state index in [4.69, 9.17) is 66.3 Å². The third kappa shape index (κ3) is 46.5. The maximum atomic E-state index is 13.4. The third-order valence-corrected chi connectivity index (χ3v) is 22.6. The lowest BCUT2D eigenvalue weighted by Crippen LogP contribution is -2.70. The molecule has 25 atom stereocenters. The summed E-state index contributed by atoms with van der Waals surface area (Å²) in [5, 5.41) is 0. The van der Waals surface area contributed by atoms with E-state index in [9.17, 15) is 208 Å². The normalized spacial score (nSPS) is 31.3. The van der Waals surface area contributed by atoms with Gasteiger partial charge >= 0.3 is 166 Å². The Morgan fingerprint density at radius 1 is 0.180 bits per heavy atom. The number of rotatable bonds is 58. The highest BCUT2D eigenvalue weighted by atomic mass is 32.3. The van der Waals surface area contributed by atoms with Gasteiger partial charge in [-0.25, -0.2) is 66.9 Å². The first-order chi connectivity index (χ1) is 59.8. The molecule has 0 aromatic carbocycles. The summed E-state index contributed by atoms with van der Waals surface area (Å²) in [4.78, 5) is 0. The SMILES string of the molecule is COCCOCCOCCOCCO[C@@H]1O[C@H](COS(=O)(=O)O)[C@@H](OS(=O)(=O)O)[C@H](O[C@@H]2O[C@H](COS(=O)(=O)O)[C@@H](OS(=O)(=O)O)[C@H](O[C@@H]3O[C@H](COS(=O)(=O)O)[C@@H](OS(=O)(=O)O)[C@H](O[C@@H]4O[C@H](COS(=O)(=O)O)[C@@H](OS(=O)(=O)O)[C@H](O[C@@H]5O[C@H](COS(=O)(=O)O)[C@@H](OS(=O)(=O)O)[C@H](OS(=O)(=O)O)[C@H]5OS(=O)(=O)O)[C@H]4OS(=O)(=O)O)[C@H]3OS(=O)(=O)O)[C@H]2OS(=O)(=O)O)[C@H]1OS(=O)(=O)O. The van der Waals surface area contributed by atoms with Crippen LogP contribution in [-0.2, 0) is 300 Å². The molecule has 94 heteroatoms. The molecule has 0 saturated carbocycles. The molecule has 0 unspecified atom stereocenters. The van der Waals surface area contributed by atoms with Gasteiger partial charge in [-0.3, -0.25) is 72.8 Å². The molecule has 0 aromatic rings. The first-order valence-corrected chi connectivity index (χ1v) is 54.7. The van der Waals surface area contributed by atoms with Crippen LogP contribution in [0.3, 0.4) is 0 Å². The summed E-state index contributed by atoms with van der Waals surface area (Å²) in [6.45, 7) is -14.8. The highest BCUT2D eigenvalue weighted by Crippen LogP contribution is 2.44. The van der Waals surface area contributed by atoms with Crippen LogP contribution in [0.5, 0.6) is 0 Å². The predicted molar refractivity (Wildman–Crippen MR) is 381 cm³/mol. The Bertz CT molecular complexity index is 5840. The summed E-state index contributed by atoms with van der Waals surface area (Å²) >= 11 is 0. The summed E-state index contributed by atoms with van der Waals surface area (Å²) in [6.07, 6.45) is -96.3. The van der Waals surface area contributed by atoms with Gasteiger partial charge < -0.3 is 66.3 Å². The van der Waals surface area contributed by atoms with Crippen LogP contribution >= 0.6 is 0 Å². The maximum absolute atomic E-state index is 13.4. The zero-order chi connectivity index (χ0) is 102. The van der Waals surface area contributed by atoms with E-state index in [-0.39, 0.29) is 33.0 Å². The van der Waals surface area contributed by atoms with Crippen molar-refractivity contribution in [2.24, 2.45) is 0 Å². The molecule has 0 aliphatic carbocycles. The Morgan fingerprint density at radius 3 is 0.519 bits per heavy atom. The van der Waals surface area contributed by atoms with Crippen LogP contribution in [0.15, 0.2) is 0 Å². The molecular formula is C39H70O78S16. The summed E-state index contributed by atoms with van der Waals surface area (Å²) in [5.74, 6) is 0. The minimum Gasteiger partial charge on any atom is -0.382 e. The molecule has 5 heterocycles. The fourth-order valence-corrected chi connectivity index (χ4v) is 18.3. The van der Waals surface area contributed by atoms with E-state index in [0.717, 1.165) is 0 Å². The van der Waals surface area contributed by atoms with E-state index in [2.05, 4.69) is 66.9 Å². The van der Waals surface area contributed by atoms with Gasteiger partial charge in [0.2, 0.25) is 0 Å². The van der Waals surface area contributed by atoms with E-state index in [1.165, 1.54) is 7.11 Å². The van der Waals surface area contributed by atoms with Crippen LogP contribution in [0.4, 0.5) is 0 Å². The molecule has 0 bridgehead atoms. The Hall–Kier alpha value is -2.64. The van der Waals surface area contributed by atoms with Crippen molar-refractivity contribution in [2.45, 2.75) is 154 Å². The second-order valence-corrected chi connectivity index (χ2v) is 41.7. The highest BCUT2D eigenvalue weighted by molar-refractivity contribution is 7.84. The summed E-state index contributed by atoms with van der Waals surface area (Å²) in [5.41, 5.74) is 0. The lowest BCUT2D eigenvalue weighted by Gasteiger charge is -2.51. The average molecular weight is 2300 g/mol. The van der Waals surface area contributed by atoms with Crippen LogP contribution in [0.1, 0.15) is 0 Å². The standard InChI is InChI=1S/C39H70O78S16/c1-88-2-3-89-4-5-90-6-7-91-8-9-92-35-30(113-129(73,74)75)25(20(107-123(55,56)57)15(98-35)10-93-118(40,41)42)103-36-31(114-130(76,77)78)26(21(108-124(58,59)60)16(99-36)11-94-119(43,44)45)104-37-32(115-131(79,80)81)27(22(109-125(61,62)63)17(100-37)12-95-120(46,47)48)105-38-33(116-132(82,83)84)28(23(110-126(64,65)66)18(101-38)13-96-121(49,50)51)106-39-34(117-133(85,86)87)29(112-128(70,71)72)24(111-127(67,68)69)19(102-39)14-97-122(52,53)54/h15-39H,2-14H2,1H3,(H,40,41,42)(H,43,44,45)(H,46,47,48)(H,49,50,51)(H,52,53,54)(H,55,56,57)(H,58,59,60)(H,61,62,63)(H,64,65,66)(H,67,68,69)(H,70,71,72)(H,73,74,75)(H,76,77,78)(H,79,80,81)(H,82,83,84)(H,85,86,87)/t15-,16-,17-,18-,19-,20-,21-,22-,23-,24-,25+,26+,27+,28+,29+,30-,31-,32-,33-,34-,35-,36+,37+,38+,39+/m1/s1. The zero-order valence-corrected chi connectivity index (χ0v) is 76.7. The molecule has 16 N–H and O–H groups in total. The van der Waals surface area contributed by atoms with Gasteiger partial charge in [0, 0.05) is 7.11 Å². The molecular weight excluding hydrogens is 2230 g/mol. The van der Waals surface area contributed by atoms with Crippen molar-refractivity contribution in [3.8, 4) is 0 Å². The molecule has 790 valence electrons. The van der Waals surface area contributed by atoms with Crippen molar-refractivity contribution >= 4 is 166 Å². The first kappa shape index (κ1) is 121. The van der Waals surface area contributed by atoms with E-state index in [1.807, 2.05) is 0 Å². The van der Waals surface area contributed by atoms with E-state index < -0.39 is 373 Å². The van der Waals surface area contributed by atoms with Crippen LogP contribution in [0.2, 0.25) is 0 Å². The molecule has 5 fully saturated rings. The van der Waals surface area contributed by atoms with Gasteiger partial charge in [0.05, 0.1) is 85.9 Å². The van der Waals surface area contributed by atoms with Gasteiger partial charge in [-0.15, -0.1) is 0 Å². The second kappa shape index (κ2) is 47.7. The third-order valence-electron chi connectivity index (χ3n) is 15.3. The first-order valence-electron chi connectivity index (χ1n) is 32.9. The van der Waals surface area contributed by atoms with Gasteiger partial charge in [0.25, 0.3) is 0 Å². The number of ether oxygens (including phenoxy) is 14. The van der Waals surface area contributed by atoms with Crippen molar-refractivity contribution in [1.29, 1.82) is 0 Å². The quantitative estimate of drug-likeness (QED) is 0.0199. The lowest BCUT2D eigenvalue weighted by molar-refractivity contribution is -0.385. The van der Waals surface area contributed by atoms with Crippen molar-refractivity contribution in [1.82, 2.24) is 0 Å². The monoisotopic (exact) mass is 2300 g/mol. The Kier molecular flexibility index (Phi) is 43.3. The maximum Gasteiger partial charge on any atom is 0.397 e. The van der Waals surface area contributed by atoms with Crippen molar-refractivity contribution in [3.63, 3.8) is 0 Å². The molecule has 0 amide bonds. The second-order valence-electron chi connectivity index (χ2n) is 24.8. The molecule has 78 nitrogen and oxygen atoms in total. The summed E-state index contributed by atoms with van der Waals surface area (Å²) < 4.78 is 711. The molecule has 5 aliphatic rings. The van der Waals surface area contributed by atoms with Crippen molar-refractivity contribution < 1.29 is 341 Å². The molecule has 0 spiro atoms. The number of methoxy groups -OCH3 is 1. The Labute approximate surface area is 748 Å². The molecule has 0 radical (unpaired) electrons. The lowest BCUT2D eigenvalue weighted by atomic mass is 9.95. The summed E-state index contributed by atoms with van der Waals surface area (Å²) in [6, 6.07) is 0. The van der Waals surface area contributed by atoms with E-state index in [0.29, 0.717) is 0 Å². The van der Waals surface area contributed by atoms with Gasteiger partial charge in [0.1, 0.15) is 91.6 Å². The Balaban J connectivity index is 2.01. The minimum atomic E-state index is -7.15. The van der Waals surface area contributed by atoms with Gasteiger partial charge in [-0.05, 0) is 0 Å². The predicted octanol–water partition coefficient (Wildman–Crippen LogP) is -14.0. The van der Waals surface area contributed by atoms with Crippen LogP contribution in [0.25, 0.3) is 0 Å². The van der Waals surface area contributed by atoms with Crippen LogP contribution < -0.4 is 0 Å². The van der Waals surface area contributed by atoms with Gasteiger partial charge in [-0.2, -0.15) is 135 Å². The fourth-order valence-electron chi connectivity index (χ4n) is 11.3. The minimum absolute atomic E-state index is 0.0472. The largest absolute Gasteiger partial charge is 0.397 e. The van der Waals surface area contributed by atoms with E-state index in [1.54, 1.807) is 0 Å².